The quantitative estimate of drug-likeness (QED) is 0.817. The van der Waals surface area contributed by atoms with Crippen molar-refractivity contribution in [3.63, 3.8) is 0 Å². The average Bonchev–Trinajstić information content (AvgIpc) is 2.34. The van der Waals surface area contributed by atoms with E-state index in [-0.39, 0.29) is 0 Å². The molecule has 2 aromatic carbocycles. The van der Waals surface area contributed by atoms with E-state index in [0.29, 0.717) is 0 Å². The predicted molar refractivity (Wildman–Crippen MR) is 71.4 cm³/mol. The monoisotopic (exact) mass is 227 g/mol. The lowest BCUT2D eigenvalue weighted by Crippen LogP contribution is -1.96. The second kappa shape index (κ2) is 4.91. The van der Waals surface area contributed by atoms with Crippen molar-refractivity contribution in [2.75, 3.05) is 12.8 Å². The minimum atomic E-state index is 0.838. The second-order valence-corrected chi connectivity index (χ2v) is 4.23. The smallest absolute Gasteiger partial charge is 0.119 e. The molecule has 0 bridgehead atoms. The fourth-order valence-electron chi connectivity index (χ4n) is 1.89. The van der Waals surface area contributed by atoms with Gasteiger partial charge < -0.3 is 10.5 Å². The van der Waals surface area contributed by atoms with Crippen LogP contribution in [0.4, 0.5) is 5.69 Å². The van der Waals surface area contributed by atoms with E-state index in [1.54, 1.807) is 7.11 Å². The number of methoxy groups -OCH3 is 1. The second-order valence-electron chi connectivity index (χ2n) is 4.23. The molecule has 0 aromatic heterocycles. The number of anilines is 1. The third-order valence-corrected chi connectivity index (χ3v) is 2.83. The van der Waals surface area contributed by atoms with E-state index in [1.165, 1.54) is 16.7 Å². The van der Waals surface area contributed by atoms with Crippen LogP contribution in [-0.4, -0.2) is 7.11 Å². The highest BCUT2D eigenvalue weighted by Crippen LogP contribution is 2.20. The molecule has 2 N–H and O–H groups in total. The Hall–Kier alpha value is -1.96. The summed E-state index contributed by atoms with van der Waals surface area (Å²) >= 11 is 0. The third-order valence-electron chi connectivity index (χ3n) is 2.83. The van der Waals surface area contributed by atoms with Crippen molar-refractivity contribution in [3.05, 3.63) is 59.2 Å². The fourth-order valence-corrected chi connectivity index (χ4v) is 1.89. The molecule has 0 radical (unpaired) electrons. The van der Waals surface area contributed by atoms with Crippen molar-refractivity contribution < 1.29 is 4.74 Å². The number of rotatable bonds is 3. The molecule has 0 heterocycles. The van der Waals surface area contributed by atoms with Gasteiger partial charge in [-0.25, -0.2) is 0 Å². The van der Waals surface area contributed by atoms with Crippen LogP contribution in [0.15, 0.2) is 42.5 Å². The Kier molecular flexibility index (Phi) is 3.33. The molecule has 17 heavy (non-hydrogen) atoms. The minimum absolute atomic E-state index is 0.838. The van der Waals surface area contributed by atoms with Gasteiger partial charge >= 0.3 is 0 Å². The molecule has 88 valence electrons. The van der Waals surface area contributed by atoms with Gasteiger partial charge in [0, 0.05) is 5.69 Å². The van der Waals surface area contributed by atoms with Gasteiger partial charge in [0.2, 0.25) is 0 Å². The molecule has 0 aliphatic carbocycles. The first-order chi connectivity index (χ1) is 8.19. The zero-order valence-corrected chi connectivity index (χ0v) is 10.2. The number of benzene rings is 2. The minimum Gasteiger partial charge on any atom is -0.497 e. The summed E-state index contributed by atoms with van der Waals surface area (Å²) in [6, 6.07) is 14.2. The van der Waals surface area contributed by atoms with Crippen LogP contribution >= 0.6 is 0 Å². The maximum atomic E-state index is 5.98. The Labute approximate surface area is 102 Å². The molecule has 0 fully saturated rings. The first-order valence-electron chi connectivity index (χ1n) is 5.67. The topological polar surface area (TPSA) is 35.2 Å². The predicted octanol–water partition coefficient (Wildman–Crippen LogP) is 3.18. The van der Waals surface area contributed by atoms with Crippen LogP contribution < -0.4 is 10.5 Å². The largest absolute Gasteiger partial charge is 0.497 e. The molecule has 0 saturated carbocycles. The third kappa shape index (κ3) is 2.78. The van der Waals surface area contributed by atoms with Gasteiger partial charge in [-0.3, -0.25) is 0 Å². The Bertz CT molecular complexity index is 520. The molecule has 0 amide bonds. The Morgan fingerprint density at radius 1 is 1.12 bits per heavy atom. The van der Waals surface area contributed by atoms with E-state index in [0.717, 1.165) is 17.9 Å². The van der Waals surface area contributed by atoms with Gasteiger partial charge in [0.25, 0.3) is 0 Å². The summed E-state index contributed by atoms with van der Waals surface area (Å²) in [5.74, 6) is 0.883. The highest BCUT2D eigenvalue weighted by atomic mass is 16.5. The standard InChI is InChI=1S/C15H17NO/c1-11-6-7-15(16)13(8-11)9-12-4-3-5-14(10-12)17-2/h3-8,10H,9,16H2,1-2H3. The van der Waals surface area contributed by atoms with Crippen molar-refractivity contribution in [1.82, 2.24) is 0 Å². The zero-order valence-electron chi connectivity index (χ0n) is 10.2. The van der Waals surface area contributed by atoms with Gasteiger partial charge in [-0.2, -0.15) is 0 Å². The van der Waals surface area contributed by atoms with Gasteiger partial charge in [-0.1, -0.05) is 29.8 Å². The fraction of sp³-hybridized carbons (Fsp3) is 0.200. The van der Waals surface area contributed by atoms with Gasteiger partial charge in [0.1, 0.15) is 5.75 Å². The first kappa shape index (κ1) is 11.5. The van der Waals surface area contributed by atoms with E-state index >= 15 is 0 Å². The molecule has 0 spiro atoms. The summed E-state index contributed by atoms with van der Waals surface area (Å²) in [6.45, 7) is 2.08. The number of aryl methyl sites for hydroxylation is 1. The summed E-state index contributed by atoms with van der Waals surface area (Å²) in [7, 11) is 1.68. The Balaban J connectivity index is 2.27. The zero-order chi connectivity index (χ0) is 12.3. The van der Waals surface area contributed by atoms with E-state index in [2.05, 4.69) is 19.1 Å². The van der Waals surface area contributed by atoms with Crippen LogP contribution in [0.2, 0.25) is 0 Å². The number of nitrogens with two attached hydrogens (primary N) is 1. The molecule has 0 atom stereocenters. The molecular formula is C15H17NO. The maximum absolute atomic E-state index is 5.98. The van der Waals surface area contributed by atoms with Crippen molar-refractivity contribution in [2.45, 2.75) is 13.3 Å². The number of hydrogen-bond acceptors (Lipinski definition) is 2. The van der Waals surface area contributed by atoms with Crippen molar-refractivity contribution >= 4 is 5.69 Å². The Morgan fingerprint density at radius 2 is 1.94 bits per heavy atom. The molecule has 0 aliphatic heterocycles. The van der Waals surface area contributed by atoms with Crippen molar-refractivity contribution in [2.24, 2.45) is 0 Å². The molecule has 0 unspecified atom stereocenters. The van der Waals surface area contributed by atoms with Crippen LogP contribution in [0.3, 0.4) is 0 Å². The SMILES string of the molecule is COc1cccc(Cc2cc(C)ccc2N)c1. The van der Waals surface area contributed by atoms with Crippen LogP contribution in [-0.2, 0) is 6.42 Å². The molecule has 2 nitrogen and oxygen atoms in total. The van der Waals surface area contributed by atoms with Gasteiger partial charge in [0.05, 0.1) is 7.11 Å². The first-order valence-corrected chi connectivity index (χ1v) is 5.67. The summed E-state index contributed by atoms with van der Waals surface area (Å²) in [6.07, 6.45) is 0.838. The van der Waals surface area contributed by atoms with Gasteiger partial charge in [-0.05, 0) is 42.7 Å². The maximum Gasteiger partial charge on any atom is 0.119 e. The van der Waals surface area contributed by atoms with Crippen LogP contribution in [0.25, 0.3) is 0 Å². The highest BCUT2D eigenvalue weighted by molar-refractivity contribution is 5.50. The van der Waals surface area contributed by atoms with Crippen LogP contribution in [0, 0.1) is 6.92 Å². The number of ether oxygens (including phenoxy) is 1. The summed E-state index contributed by atoms with van der Waals surface area (Å²) in [5.41, 5.74) is 10.4. The van der Waals surface area contributed by atoms with Crippen molar-refractivity contribution in [1.29, 1.82) is 0 Å². The van der Waals surface area contributed by atoms with Crippen molar-refractivity contribution in [3.8, 4) is 5.75 Å². The normalized spacial score (nSPS) is 10.2. The molecule has 2 aromatic rings. The average molecular weight is 227 g/mol. The number of hydrogen-bond donors (Lipinski definition) is 1. The lowest BCUT2D eigenvalue weighted by molar-refractivity contribution is 0.414. The molecular weight excluding hydrogens is 210 g/mol. The molecule has 2 rings (SSSR count). The van der Waals surface area contributed by atoms with Crippen LogP contribution in [0.1, 0.15) is 16.7 Å². The summed E-state index contributed by atoms with van der Waals surface area (Å²) < 4.78 is 5.22. The molecule has 2 heteroatoms. The molecule has 0 aliphatic rings. The van der Waals surface area contributed by atoms with E-state index in [9.17, 15) is 0 Å². The van der Waals surface area contributed by atoms with E-state index in [1.807, 2.05) is 30.3 Å². The van der Waals surface area contributed by atoms with E-state index in [4.69, 9.17) is 10.5 Å². The number of nitrogen functional groups attached to an aromatic ring is 1. The van der Waals surface area contributed by atoms with Crippen LogP contribution in [0.5, 0.6) is 5.75 Å². The van der Waals surface area contributed by atoms with E-state index < -0.39 is 0 Å². The lowest BCUT2D eigenvalue weighted by Gasteiger charge is -2.08. The highest BCUT2D eigenvalue weighted by Gasteiger charge is 2.02. The molecule has 0 saturated heterocycles. The summed E-state index contributed by atoms with van der Waals surface area (Å²) in [4.78, 5) is 0. The van der Waals surface area contributed by atoms with Gasteiger partial charge in [0.15, 0.2) is 0 Å². The Morgan fingerprint density at radius 3 is 2.71 bits per heavy atom. The lowest BCUT2D eigenvalue weighted by atomic mass is 10.0. The summed E-state index contributed by atoms with van der Waals surface area (Å²) in [5, 5.41) is 0. The van der Waals surface area contributed by atoms with Gasteiger partial charge in [-0.15, -0.1) is 0 Å².